The Morgan fingerprint density at radius 2 is 2.00 bits per heavy atom. The lowest BCUT2D eigenvalue weighted by molar-refractivity contribution is 0.0693. The number of phenols is 1. The highest BCUT2D eigenvalue weighted by Crippen LogP contribution is 2.22. The largest absolute Gasteiger partial charge is 0.507 e. The van der Waals surface area contributed by atoms with Crippen molar-refractivity contribution in [1.29, 1.82) is 0 Å². The van der Waals surface area contributed by atoms with Crippen LogP contribution < -0.4 is 10.6 Å². The van der Waals surface area contributed by atoms with Gasteiger partial charge in [0.1, 0.15) is 11.3 Å². The molecule has 7 heteroatoms. The Labute approximate surface area is 121 Å². The SMILES string of the molecule is CSC(C)(C)CNC(=O)Nc1ccc(O)c(C(=O)O)c1. The zero-order valence-electron chi connectivity index (χ0n) is 11.6. The maximum absolute atomic E-state index is 11.7. The molecular weight excluding hydrogens is 280 g/mol. The van der Waals surface area contributed by atoms with Crippen molar-refractivity contribution in [2.75, 3.05) is 18.1 Å². The van der Waals surface area contributed by atoms with E-state index >= 15 is 0 Å². The second-order valence-corrected chi connectivity index (χ2v) is 6.32. The Bertz CT molecular complexity index is 517. The summed E-state index contributed by atoms with van der Waals surface area (Å²) in [5.41, 5.74) is 0.0481. The molecule has 0 saturated heterocycles. The van der Waals surface area contributed by atoms with Crippen LogP contribution in [0.3, 0.4) is 0 Å². The average molecular weight is 298 g/mol. The van der Waals surface area contributed by atoms with E-state index in [9.17, 15) is 14.7 Å². The summed E-state index contributed by atoms with van der Waals surface area (Å²) in [6, 6.07) is 3.44. The van der Waals surface area contributed by atoms with Crippen LogP contribution in [0.4, 0.5) is 10.5 Å². The molecule has 1 rings (SSSR count). The molecule has 1 aromatic carbocycles. The summed E-state index contributed by atoms with van der Waals surface area (Å²) in [5.74, 6) is -1.60. The second-order valence-electron chi connectivity index (χ2n) is 4.81. The molecule has 6 nitrogen and oxygen atoms in total. The summed E-state index contributed by atoms with van der Waals surface area (Å²) in [6.07, 6.45) is 1.96. The fraction of sp³-hybridized carbons (Fsp3) is 0.385. The van der Waals surface area contributed by atoms with Gasteiger partial charge >= 0.3 is 12.0 Å². The molecule has 0 radical (unpaired) electrons. The molecule has 2 amide bonds. The Morgan fingerprint density at radius 3 is 2.55 bits per heavy atom. The van der Waals surface area contributed by atoms with Gasteiger partial charge in [0.2, 0.25) is 0 Å². The first kappa shape index (κ1) is 16.2. The molecule has 0 spiro atoms. The van der Waals surface area contributed by atoms with Crippen LogP contribution in [0.25, 0.3) is 0 Å². The Morgan fingerprint density at radius 1 is 1.35 bits per heavy atom. The molecule has 0 atom stereocenters. The summed E-state index contributed by atoms with van der Waals surface area (Å²) >= 11 is 1.63. The number of anilines is 1. The number of urea groups is 1. The molecule has 0 saturated carbocycles. The highest BCUT2D eigenvalue weighted by molar-refractivity contribution is 7.99. The van der Waals surface area contributed by atoms with E-state index in [1.807, 2.05) is 20.1 Å². The van der Waals surface area contributed by atoms with E-state index in [0.717, 1.165) is 0 Å². The number of hydrogen-bond donors (Lipinski definition) is 4. The number of carboxylic acid groups (broad SMARTS) is 1. The normalized spacial score (nSPS) is 10.9. The van der Waals surface area contributed by atoms with Crippen molar-refractivity contribution in [2.45, 2.75) is 18.6 Å². The average Bonchev–Trinajstić information content (AvgIpc) is 2.38. The number of rotatable bonds is 5. The molecule has 0 aromatic heterocycles. The van der Waals surface area contributed by atoms with Crippen LogP contribution in [0.2, 0.25) is 0 Å². The van der Waals surface area contributed by atoms with Gasteiger partial charge in [-0.2, -0.15) is 11.8 Å². The summed E-state index contributed by atoms with van der Waals surface area (Å²) in [4.78, 5) is 22.6. The van der Waals surface area contributed by atoms with E-state index in [4.69, 9.17) is 5.11 Å². The molecular formula is C13H18N2O4S. The van der Waals surface area contributed by atoms with Crippen LogP contribution >= 0.6 is 11.8 Å². The predicted molar refractivity (Wildman–Crippen MR) is 79.7 cm³/mol. The fourth-order valence-corrected chi connectivity index (χ4v) is 1.54. The van der Waals surface area contributed by atoms with Gasteiger partial charge in [-0.25, -0.2) is 9.59 Å². The van der Waals surface area contributed by atoms with E-state index in [2.05, 4.69) is 10.6 Å². The fourth-order valence-electron chi connectivity index (χ4n) is 1.33. The van der Waals surface area contributed by atoms with E-state index in [1.54, 1.807) is 11.8 Å². The molecule has 0 aliphatic heterocycles. The van der Waals surface area contributed by atoms with Gasteiger partial charge in [-0.1, -0.05) is 0 Å². The van der Waals surface area contributed by atoms with Gasteiger partial charge in [-0.05, 0) is 38.3 Å². The van der Waals surface area contributed by atoms with E-state index in [0.29, 0.717) is 12.2 Å². The number of aromatic hydroxyl groups is 1. The van der Waals surface area contributed by atoms with Gasteiger partial charge in [0.25, 0.3) is 0 Å². The minimum Gasteiger partial charge on any atom is -0.507 e. The number of amides is 2. The van der Waals surface area contributed by atoms with Gasteiger partial charge in [-0.15, -0.1) is 0 Å². The Balaban J connectivity index is 2.67. The van der Waals surface area contributed by atoms with Crippen LogP contribution in [0.15, 0.2) is 18.2 Å². The summed E-state index contributed by atoms with van der Waals surface area (Å²) < 4.78 is -0.0848. The van der Waals surface area contributed by atoms with Crippen LogP contribution in [-0.4, -0.2) is 39.8 Å². The molecule has 0 unspecified atom stereocenters. The quantitative estimate of drug-likeness (QED) is 0.625. The van der Waals surface area contributed by atoms with E-state index < -0.39 is 12.0 Å². The second kappa shape index (κ2) is 6.51. The summed E-state index contributed by atoms with van der Waals surface area (Å²) in [7, 11) is 0. The van der Waals surface area contributed by atoms with E-state index in [-0.39, 0.29) is 16.1 Å². The lowest BCUT2D eigenvalue weighted by Crippen LogP contribution is -2.38. The number of carboxylic acids is 1. The van der Waals surface area contributed by atoms with Gasteiger partial charge in [0, 0.05) is 17.0 Å². The lowest BCUT2D eigenvalue weighted by atomic mass is 10.2. The smallest absolute Gasteiger partial charge is 0.339 e. The van der Waals surface area contributed by atoms with Crippen LogP contribution in [0.5, 0.6) is 5.75 Å². The first-order valence-corrected chi connectivity index (χ1v) is 7.14. The predicted octanol–water partition coefficient (Wildman–Crippen LogP) is 2.35. The number of nitrogens with one attached hydrogen (secondary N) is 2. The number of thioether (sulfide) groups is 1. The minimum absolute atomic E-state index is 0.0848. The highest BCUT2D eigenvalue weighted by Gasteiger charge is 2.17. The number of hydrogen-bond acceptors (Lipinski definition) is 4. The van der Waals surface area contributed by atoms with Gasteiger partial charge in [-0.3, -0.25) is 0 Å². The lowest BCUT2D eigenvalue weighted by Gasteiger charge is -2.22. The van der Waals surface area contributed by atoms with Crippen LogP contribution in [0, 0.1) is 0 Å². The molecule has 0 aliphatic rings. The third-order valence-corrected chi connectivity index (χ3v) is 3.96. The first-order valence-electron chi connectivity index (χ1n) is 5.91. The molecule has 110 valence electrons. The van der Waals surface area contributed by atoms with Crippen molar-refractivity contribution in [3.63, 3.8) is 0 Å². The third kappa shape index (κ3) is 4.65. The Hall–Kier alpha value is -1.89. The van der Waals surface area contributed by atoms with Crippen molar-refractivity contribution in [1.82, 2.24) is 5.32 Å². The van der Waals surface area contributed by atoms with Crippen molar-refractivity contribution >= 4 is 29.4 Å². The molecule has 20 heavy (non-hydrogen) atoms. The molecule has 0 bridgehead atoms. The number of carbonyl (C=O) groups is 2. The van der Waals surface area contributed by atoms with Gasteiger partial charge < -0.3 is 20.8 Å². The number of benzene rings is 1. The molecule has 0 fully saturated rings. The summed E-state index contributed by atoms with van der Waals surface area (Å²) in [6.45, 7) is 4.48. The Kier molecular flexibility index (Phi) is 5.26. The first-order chi connectivity index (χ1) is 9.25. The van der Waals surface area contributed by atoms with Crippen molar-refractivity contribution < 1.29 is 19.8 Å². The van der Waals surface area contributed by atoms with Crippen molar-refractivity contribution in [3.8, 4) is 5.75 Å². The zero-order valence-corrected chi connectivity index (χ0v) is 12.4. The molecule has 0 aliphatic carbocycles. The maximum atomic E-state index is 11.7. The van der Waals surface area contributed by atoms with E-state index in [1.165, 1.54) is 18.2 Å². The summed E-state index contributed by atoms with van der Waals surface area (Å²) in [5, 5.41) is 23.5. The molecule has 1 aromatic rings. The van der Waals surface area contributed by atoms with Crippen LogP contribution in [0.1, 0.15) is 24.2 Å². The molecule has 0 heterocycles. The standard InChI is InChI=1S/C13H18N2O4S/c1-13(2,20-3)7-14-12(19)15-8-4-5-10(16)9(6-8)11(17)18/h4-6,16H,7H2,1-3H3,(H,17,18)(H2,14,15,19). The maximum Gasteiger partial charge on any atom is 0.339 e. The topological polar surface area (TPSA) is 98.7 Å². The highest BCUT2D eigenvalue weighted by atomic mass is 32.2. The molecule has 4 N–H and O–H groups in total. The monoisotopic (exact) mass is 298 g/mol. The van der Waals surface area contributed by atoms with Gasteiger partial charge in [0.15, 0.2) is 0 Å². The van der Waals surface area contributed by atoms with Gasteiger partial charge in [0.05, 0.1) is 0 Å². The van der Waals surface area contributed by atoms with Crippen molar-refractivity contribution in [3.05, 3.63) is 23.8 Å². The minimum atomic E-state index is -1.25. The number of aromatic carboxylic acids is 1. The number of carbonyl (C=O) groups excluding carboxylic acids is 1. The third-order valence-electron chi connectivity index (χ3n) is 2.71. The van der Waals surface area contributed by atoms with Crippen molar-refractivity contribution in [2.24, 2.45) is 0 Å². The zero-order chi connectivity index (χ0) is 15.3. The van der Waals surface area contributed by atoms with Crippen LogP contribution in [-0.2, 0) is 0 Å².